The molecule has 1 aliphatic heterocycles. The van der Waals surface area contributed by atoms with Crippen molar-refractivity contribution in [2.24, 2.45) is 5.92 Å². The number of nitrogens with zero attached hydrogens (tertiary/aromatic N) is 1. The van der Waals surface area contributed by atoms with Crippen molar-refractivity contribution in [3.05, 3.63) is 71.8 Å². The summed E-state index contributed by atoms with van der Waals surface area (Å²) >= 11 is 0. The SMILES string of the molecule is CN(C)C(C1CNC1)C(c1ccccc1)c1ccccc1. The molecule has 21 heavy (non-hydrogen) atoms. The molecule has 2 aromatic carbocycles. The van der Waals surface area contributed by atoms with Gasteiger partial charge in [-0.05, 0) is 25.2 Å². The monoisotopic (exact) mass is 280 g/mol. The van der Waals surface area contributed by atoms with Crippen molar-refractivity contribution in [2.45, 2.75) is 12.0 Å². The molecule has 3 rings (SSSR count). The van der Waals surface area contributed by atoms with Gasteiger partial charge in [0.05, 0.1) is 0 Å². The molecule has 0 bridgehead atoms. The first-order valence-corrected chi connectivity index (χ1v) is 7.74. The first-order valence-electron chi connectivity index (χ1n) is 7.74. The van der Waals surface area contributed by atoms with Gasteiger partial charge in [0.25, 0.3) is 0 Å². The number of hydrogen-bond donors (Lipinski definition) is 1. The van der Waals surface area contributed by atoms with Crippen LogP contribution in [-0.2, 0) is 0 Å². The average molecular weight is 280 g/mol. The highest BCUT2D eigenvalue weighted by Gasteiger charge is 2.36. The quantitative estimate of drug-likeness (QED) is 0.906. The molecular formula is C19H24N2. The van der Waals surface area contributed by atoms with Crippen molar-refractivity contribution in [3.63, 3.8) is 0 Å². The van der Waals surface area contributed by atoms with E-state index in [1.54, 1.807) is 0 Å². The lowest BCUT2D eigenvalue weighted by molar-refractivity contribution is 0.144. The highest BCUT2D eigenvalue weighted by molar-refractivity contribution is 5.35. The van der Waals surface area contributed by atoms with Crippen LogP contribution in [-0.4, -0.2) is 38.1 Å². The van der Waals surface area contributed by atoms with Crippen molar-refractivity contribution in [3.8, 4) is 0 Å². The van der Waals surface area contributed by atoms with E-state index in [1.807, 2.05) is 0 Å². The molecule has 1 atom stereocenters. The molecule has 2 nitrogen and oxygen atoms in total. The van der Waals surface area contributed by atoms with E-state index in [-0.39, 0.29) is 0 Å². The molecule has 1 heterocycles. The van der Waals surface area contributed by atoms with Gasteiger partial charge >= 0.3 is 0 Å². The van der Waals surface area contributed by atoms with Crippen molar-refractivity contribution >= 4 is 0 Å². The van der Waals surface area contributed by atoms with E-state index in [0.717, 1.165) is 13.1 Å². The van der Waals surface area contributed by atoms with E-state index in [9.17, 15) is 0 Å². The summed E-state index contributed by atoms with van der Waals surface area (Å²) in [5.74, 6) is 1.14. The Hall–Kier alpha value is -1.64. The van der Waals surface area contributed by atoms with Crippen LogP contribution in [0.5, 0.6) is 0 Å². The Balaban J connectivity index is 2.02. The van der Waals surface area contributed by atoms with Crippen LogP contribution in [0.4, 0.5) is 0 Å². The lowest BCUT2D eigenvalue weighted by Gasteiger charge is -2.43. The normalized spacial score (nSPS) is 17.0. The van der Waals surface area contributed by atoms with Gasteiger partial charge in [-0.1, -0.05) is 60.7 Å². The molecule has 0 amide bonds. The number of rotatable bonds is 5. The zero-order chi connectivity index (χ0) is 14.7. The summed E-state index contributed by atoms with van der Waals surface area (Å²) in [6.45, 7) is 2.25. The minimum Gasteiger partial charge on any atom is -0.316 e. The molecule has 0 aliphatic carbocycles. The van der Waals surface area contributed by atoms with E-state index in [2.05, 4.69) is 85.0 Å². The maximum Gasteiger partial charge on any atom is 0.0251 e. The molecule has 1 N–H and O–H groups in total. The fraction of sp³-hybridized carbons (Fsp3) is 0.368. The van der Waals surface area contributed by atoms with Gasteiger partial charge in [0, 0.05) is 31.0 Å². The van der Waals surface area contributed by atoms with Crippen molar-refractivity contribution in [1.29, 1.82) is 0 Å². The second kappa shape index (κ2) is 6.42. The molecule has 0 radical (unpaired) electrons. The molecule has 1 fully saturated rings. The number of nitrogens with one attached hydrogen (secondary N) is 1. The molecule has 1 unspecified atom stereocenters. The predicted molar refractivity (Wildman–Crippen MR) is 88.6 cm³/mol. The summed E-state index contributed by atoms with van der Waals surface area (Å²) in [6.07, 6.45) is 0. The van der Waals surface area contributed by atoms with E-state index in [1.165, 1.54) is 11.1 Å². The first-order chi connectivity index (χ1) is 10.3. The van der Waals surface area contributed by atoms with Crippen LogP contribution in [0.3, 0.4) is 0 Å². The summed E-state index contributed by atoms with van der Waals surface area (Å²) in [7, 11) is 4.42. The van der Waals surface area contributed by atoms with E-state index in [0.29, 0.717) is 17.9 Å². The van der Waals surface area contributed by atoms with E-state index >= 15 is 0 Å². The number of hydrogen-bond acceptors (Lipinski definition) is 2. The average Bonchev–Trinajstić information content (AvgIpc) is 2.47. The van der Waals surface area contributed by atoms with Gasteiger partial charge in [-0.25, -0.2) is 0 Å². The zero-order valence-corrected chi connectivity index (χ0v) is 12.9. The Kier molecular flexibility index (Phi) is 4.37. The van der Waals surface area contributed by atoms with Gasteiger partial charge in [0.2, 0.25) is 0 Å². The third-order valence-corrected chi connectivity index (χ3v) is 4.55. The third-order valence-electron chi connectivity index (χ3n) is 4.55. The minimum absolute atomic E-state index is 0.425. The Morgan fingerprint density at radius 2 is 1.33 bits per heavy atom. The van der Waals surface area contributed by atoms with Gasteiger partial charge in [-0.3, -0.25) is 0 Å². The fourth-order valence-corrected chi connectivity index (χ4v) is 3.45. The molecule has 0 saturated carbocycles. The summed E-state index contributed by atoms with van der Waals surface area (Å²) in [5, 5.41) is 3.43. The summed E-state index contributed by atoms with van der Waals surface area (Å²) in [6, 6.07) is 22.4. The molecule has 2 heteroatoms. The van der Waals surface area contributed by atoms with Crippen LogP contribution >= 0.6 is 0 Å². The molecule has 110 valence electrons. The summed E-state index contributed by atoms with van der Waals surface area (Å²) < 4.78 is 0. The van der Waals surface area contributed by atoms with Gasteiger partial charge in [-0.2, -0.15) is 0 Å². The lowest BCUT2D eigenvalue weighted by Crippen LogP contribution is -2.55. The van der Waals surface area contributed by atoms with Crippen molar-refractivity contribution in [2.75, 3.05) is 27.2 Å². The van der Waals surface area contributed by atoms with Gasteiger partial charge in [0.1, 0.15) is 0 Å². The second-order valence-corrected chi connectivity index (χ2v) is 6.17. The smallest absolute Gasteiger partial charge is 0.0251 e. The van der Waals surface area contributed by atoms with Crippen LogP contribution in [0.15, 0.2) is 60.7 Å². The van der Waals surface area contributed by atoms with Crippen LogP contribution in [0.2, 0.25) is 0 Å². The molecule has 0 aromatic heterocycles. The second-order valence-electron chi connectivity index (χ2n) is 6.17. The maximum atomic E-state index is 3.43. The molecule has 2 aromatic rings. The van der Waals surface area contributed by atoms with Gasteiger partial charge in [-0.15, -0.1) is 0 Å². The Morgan fingerprint density at radius 1 is 0.857 bits per heavy atom. The van der Waals surface area contributed by atoms with Crippen molar-refractivity contribution < 1.29 is 0 Å². The molecule has 0 spiro atoms. The Labute approximate surface area is 127 Å². The fourth-order valence-electron chi connectivity index (χ4n) is 3.45. The molecule has 1 aliphatic rings. The topological polar surface area (TPSA) is 15.3 Å². The zero-order valence-electron chi connectivity index (χ0n) is 12.9. The first kappa shape index (κ1) is 14.3. The van der Waals surface area contributed by atoms with Crippen LogP contribution in [0, 0.1) is 5.92 Å². The van der Waals surface area contributed by atoms with Gasteiger partial charge < -0.3 is 10.2 Å². The maximum absolute atomic E-state index is 3.43. The lowest BCUT2D eigenvalue weighted by atomic mass is 9.76. The highest BCUT2D eigenvalue weighted by Crippen LogP contribution is 2.35. The van der Waals surface area contributed by atoms with E-state index in [4.69, 9.17) is 0 Å². The van der Waals surface area contributed by atoms with E-state index < -0.39 is 0 Å². The van der Waals surface area contributed by atoms with Crippen molar-refractivity contribution in [1.82, 2.24) is 10.2 Å². The summed E-state index contributed by atoms with van der Waals surface area (Å²) in [5.41, 5.74) is 2.82. The molecular weight excluding hydrogens is 256 g/mol. The summed E-state index contributed by atoms with van der Waals surface area (Å²) in [4.78, 5) is 2.40. The number of likely N-dealkylation sites (N-methyl/N-ethyl adjacent to an activating group) is 1. The third kappa shape index (κ3) is 3.02. The minimum atomic E-state index is 0.425. The highest BCUT2D eigenvalue weighted by atomic mass is 15.1. The van der Waals surface area contributed by atoms with Crippen LogP contribution in [0.25, 0.3) is 0 Å². The van der Waals surface area contributed by atoms with Crippen LogP contribution < -0.4 is 5.32 Å². The Morgan fingerprint density at radius 3 is 1.67 bits per heavy atom. The van der Waals surface area contributed by atoms with Gasteiger partial charge in [0.15, 0.2) is 0 Å². The largest absolute Gasteiger partial charge is 0.316 e. The molecule has 1 saturated heterocycles. The Bertz CT molecular complexity index is 507. The standard InChI is InChI=1S/C19H24N2/c1-21(2)19(17-13-20-14-17)18(15-9-5-3-6-10-15)16-11-7-4-8-12-16/h3-12,17-20H,13-14H2,1-2H3. The number of benzene rings is 2. The van der Waals surface area contributed by atoms with Crippen LogP contribution in [0.1, 0.15) is 17.0 Å². The predicted octanol–water partition coefficient (Wildman–Crippen LogP) is 2.97.